The number of hydrogen-bond acceptors (Lipinski definition) is 3. The van der Waals surface area contributed by atoms with Gasteiger partial charge in [-0.1, -0.05) is 20.8 Å². The van der Waals surface area contributed by atoms with Crippen molar-refractivity contribution in [3.63, 3.8) is 0 Å². The van der Waals surface area contributed by atoms with Gasteiger partial charge in [0.15, 0.2) is 0 Å². The highest BCUT2D eigenvalue weighted by Crippen LogP contribution is 2.29. The van der Waals surface area contributed by atoms with Crippen LogP contribution in [-0.4, -0.2) is 50.8 Å². The SMILES string of the molecule is CCC(C)N(C)CC1(CNCC(C)C)CCOC1. The molecule has 3 nitrogen and oxygen atoms in total. The highest BCUT2D eigenvalue weighted by molar-refractivity contribution is 4.88. The Bertz CT molecular complexity index is 225. The van der Waals surface area contributed by atoms with Gasteiger partial charge in [-0.2, -0.15) is 0 Å². The molecule has 0 aromatic carbocycles. The zero-order chi connectivity index (χ0) is 13.6. The third kappa shape index (κ3) is 4.87. The van der Waals surface area contributed by atoms with Crippen LogP contribution in [0.2, 0.25) is 0 Å². The average Bonchev–Trinajstić information content (AvgIpc) is 2.76. The summed E-state index contributed by atoms with van der Waals surface area (Å²) >= 11 is 0. The average molecular weight is 256 g/mol. The molecule has 108 valence electrons. The maximum atomic E-state index is 5.67. The van der Waals surface area contributed by atoms with Gasteiger partial charge in [-0.05, 0) is 39.3 Å². The van der Waals surface area contributed by atoms with E-state index in [9.17, 15) is 0 Å². The summed E-state index contributed by atoms with van der Waals surface area (Å²) in [5.74, 6) is 0.719. The zero-order valence-corrected chi connectivity index (χ0v) is 13.0. The summed E-state index contributed by atoms with van der Waals surface area (Å²) in [6.07, 6.45) is 2.41. The van der Waals surface area contributed by atoms with Crippen molar-refractivity contribution in [2.24, 2.45) is 11.3 Å². The van der Waals surface area contributed by atoms with Crippen LogP contribution in [0.1, 0.15) is 40.5 Å². The van der Waals surface area contributed by atoms with Crippen LogP contribution < -0.4 is 5.32 Å². The molecular formula is C15H32N2O. The second kappa shape index (κ2) is 7.46. The van der Waals surface area contributed by atoms with E-state index in [0.717, 1.165) is 38.8 Å². The molecule has 1 fully saturated rings. The molecular weight excluding hydrogens is 224 g/mol. The van der Waals surface area contributed by atoms with Crippen LogP contribution in [0.3, 0.4) is 0 Å². The summed E-state index contributed by atoms with van der Waals surface area (Å²) in [7, 11) is 2.25. The Hall–Kier alpha value is -0.120. The first-order valence-electron chi connectivity index (χ1n) is 7.48. The fourth-order valence-electron chi connectivity index (χ4n) is 2.59. The molecule has 1 aliphatic heterocycles. The number of nitrogens with zero attached hydrogens (tertiary/aromatic N) is 1. The maximum Gasteiger partial charge on any atom is 0.0547 e. The lowest BCUT2D eigenvalue weighted by atomic mass is 9.86. The molecule has 1 N–H and O–H groups in total. The summed E-state index contributed by atoms with van der Waals surface area (Å²) in [6, 6.07) is 0.660. The van der Waals surface area contributed by atoms with Crippen molar-refractivity contribution in [3.8, 4) is 0 Å². The molecule has 2 unspecified atom stereocenters. The number of nitrogens with one attached hydrogen (secondary N) is 1. The van der Waals surface area contributed by atoms with Gasteiger partial charge in [0.25, 0.3) is 0 Å². The predicted octanol–water partition coefficient (Wildman–Crippen LogP) is 2.37. The molecule has 1 rings (SSSR count). The van der Waals surface area contributed by atoms with Crippen molar-refractivity contribution >= 4 is 0 Å². The van der Waals surface area contributed by atoms with Crippen molar-refractivity contribution in [3.05, 3.63) is 0 Å². The van der Waals surface area contributed by atoms with Crippen LogP contribution in [0.15, 0.2) is 0 Å². The molecule has 1 heterocycles. The number of hydrogen-bond donors (Lipinski definition) is 1. The van der Waals surface area contributed by atoms with E-state index in [1.54, 1.807) is 0 Å². The third-order valence-corrected chi connectivity index (χ3v) is 4.17. The highest BCUT2D eigenvalue weighted by atomic mass is 16.5. The summed E-state index contributed by atoms with van der Waals surface area (Å²) in [5.41, 5.74) is 0.326. The van der Waals surface area contributed by atoms with Gasteiger partial charge in [-0.25, -0.2) is 0 Å². The van der Waals surface area contributed by atoms with E-state index in [0.29, 0.717) is 11.5 Å². The van der Waals surface area contributed by atoms with E-state index < -0.39 is 0 Å². The molecule has 0 aromatic heterocycles. The lowest BCUT2D eigenvalue weighted by Gasteiger charge is -2.35. The normalized spacial score (nSPS) is 26.2. The molecule has 0 saturated carbocycles. The van der Waals surface area contributed by atoms with E-state index in [1.165, 1.54) is 12.8 Å². The topological polar surface area (TPSA) is 24.5 Å². The Morgan fingerprint density at radius 2 is 2.06 bits per heavy atom. The van der Waals surface area contributed by atoms with Crippen LogP contribution in [-0.2, 0) is 4.74 Å². The smallest absolute Gasteiger partial charge is 0.0547 e. The largest absolute Gasteiger partial charge is 0.381 e. The monoisotopic (exact) mass is 256 g/mol. The fourth-order valence-corrected chi connectivity index (χ4v) is 2.59. The van der Waals surface area contributed by atoms with Gasteiger partial charge < -0.3 is 15.0 Å². The van der Waals surface area contributed by atoms with Crippen molar-refractivity contribution in [1.29, 1.82) is 0 Å². The molecule has 0 spiro atoms. The standard InChI is InChI=1S/C15H32N2O/c1-6-14(4)17(5)11-15(7-8-18-12-15)10-16-9-13(2)3/h13-14,16H,6-12H2,1-5H3. The molecule has 0 bridgehead atoms. The molecule has 0 aromatic rings. The van der Waals surface area contributed by atoms with Crippen molar-refractivity contribution in [2.45, 2.75) is 46.6 Å². The van der Waals surface area contributed by atoms with Gasteiger partial charge in [-0.15, -0.1) is 0 Å². The van der Waals surface area contributed by atoms with E-state index in [4.69, 9.17) is 4.74 Å². The zero-order valence-electron chi connectivity index (χ0n) is 13.0. The first-order valence-corrected chi connectivity index (χ1v) is 7.48. The first kappa shape index (κ1) is 15.9. The molecule has 0 aliphatic carbocycles. The van der Waals surface area contributed by atoms with Crippen molar-refractivity contribution in [1.82, 2.24) is 10.2 Å². The minimum Gasteiger partial charge on any atom is -0.381 e. The van der Waals surface area contributed by atoms with Crippen molar-refractivity contribution < 1.29 is 4.74 Å². The number of ether oxygens (including phenoxy) is 1. The summed E-state index contributed by atoms with van der Waals surface area (Å²) in [5, 5.41) is 3.62. The van der Waals surface area contributed by atoms with Crippen LogP contribution >= 0.6 is 0 Å². The van der Waals surface area contributed by atoms with Gasteiger partial charge in [0, 0.05) is 31.2 Å². The molecule has 3 heteroatoms. The molecule has 1 saturated heterocycles. The maximum absolute atomic E-state index is 5.67. The van der Waals surface area contributed by atoms with Crippen molar-refractivity contribution in [2.75, 3.05) is 39.9 Å². The van der Waals surface area contributed by atoms with Gasteiger partial charge in [0.2, 0.25) is 0 Å². The quantitative estimate of drug-likeness (QED) is 0.721. The summed E-state index contributed by atoms with van der Waals surface area (Å²) in [4.78, 5) is 2.49. The minimum absolute atomic E-state index is 0.326. The predicted molar refractivity (Wildman–Crippen MR) is 78.0 cm³/mol. The Labute approximate surface area is 113 Å². The van der Waals surface area contributed by atoms with Gasteiger partial charge in [0.1, 0.15) is 0 Å². The first-order chi connectivity index (χ1) is 8.49. The van der Waals surface area contributed by atoms with Crippen LogP contribution in [0.4, 0.5) is 0 Å². The summed E-state index contributed by atoms with van der Waals surface area (Å²) in [6.45, 7) is 14.3. The Morgan fingerprint density at radius 1 is 1.33 bits per heavy atom. The third-order valence-electron chi connectivity index (χ3n) is 4.17. The van der Waals surface area contributed by atoms with Gasteiger partial charge in [0.05, 0.1) is 6.61 Å². The van der Waals surface area contributed by atoms with Crippen LogP contribution in [0.5, 0.6) is 0 Å². The Balaban J connectivity index is 2.47. The second-order valence-corrected chi connectivity index (χ2v) is 6.50. The van der Waals surface area contributed by atoms with E-state index in [-0.39, 0.29) is 0 Å². The summed E-state index contributed by atoms with van der Waals surface area (Å²) < 4.78 is 5.67. The fraction of sp³-hybridized carbons (Fsp3) is 1.00. The molecule has 18 heavy (non-hydrogen) atoms. The van der Waals surface area contributed by atoms with E-state index >= 15 is 0 Å². The van der Waals surface area contributed by atoms with E-state index in [1.807, 2.05) is 0 Å². The second-order valence-electron chi connectivity index (χ2n) is 6.50. The van der Waals surface area contributed by atoms with E-state index in [2.05, 4.69) is 45.0 Å². The number of rotatable bonds is 8. The lowest BCUT2D eigenvalue weighted by Crippen LogP contribution is -2.46. The van der Waals surface area contributed by atoms with Gasteiger partial charge >= 0.3 is 0 Å². The van der Waals surface area contributed by atoms with Crippen LogP contribution in [0.25, 0.3) is 0 Å². The van der Waals surface area contributed by atoms with Crippen LogP contribution in [0, 0.1) is 11.3 Å². The molecule has 2 atom stereocenters. The minimum atomic E-state index is 0.326. The van der Waals surface area contributed by atoms with Gasteiger partial charge in [-0.3, -0.25) is 0 Å². The molecule has 1 aliphatic rings. The highest BCUT2D eigenvalue weighted by Gasteiger charge is 2.36. The molecule has 0 radical (unpaired) electrons. The lowest BCUT2D eigenvalue weighted by molar-refractivity contribution is 0.103. The Morgan fingerprint density at radius 3 is 2.56 bits per heavy atom. The Kier molecular flexibility index (Phi) is 6.61. The molecule has 0 amide bonds.